The van der Waals surface area contributed by atoms with Gasteiger partial charge >= 0.3 is 0 Å². The number of halogens is 1. The minimum atomic E-state index is -3.61. The maximum atomic E-state index is 11.9. The predicted molar refractivity (Wildman–Crippen MR) is 79.2 cm³/mol. The zero-order valence-corrected chi connectivity index (χ0v) is 13.3. The van der Waals surface area contributed by atoms with Gasteiger partial charge in [-0.1, -0.05) is 11.6 Å². The second kappa shape index (κ2) is 6.56. The normalized spacial score (nSPS) is 12.2. The van der Waals surface area contributed by atoms with Crippen LogP contribution in [0.15, 0.2) is 29.2 Å². The standard InChI is InChI=1S/C13H19ClN2O3S/c1-13(2,3)16-12(17)8-9-15-20(18,19)11-6-4-10(14)5-7-11/h4-7,15H,8-9H2,1-3H3,(H,16,17). The van der Waals surface area contributed by atoms with Crippen LogP contribution in [0.25, 0.3) is 0 Å². The summed E-state index contributed by atoms with van der Waals surface area (Å²) in [4.78, 5) is 11.7. The van der Waals surface area contributed by atoms with Gasteiger partial charge in [0.1, 0.15) is 0 Å². The van der Waals surface area contributed by atoms with E-state index in [1.165, 1.54) is 24.3 Å². The summed E-state index contributed by atoms with van der Waals surface area (Å²) in [6.45, 7) is 5.64. The van der Waals surface area contributed by atoms with Crippen LogP contribution in [0, 0.1) is 0 Å². The minimum Gasteiger partial charge on any atom is -0.351 e. The summed E-state index contributed by atoms with van der Waals surface area (Å²) in [5.41, 5.74) is -0.327. The summed E-state index contributed by atoms with van der Waals surface area (Å²) in [7, 11) is -3.61. The molecule has 0 unspecified atom stereocenters. The molecule has 0 radical (unpaired) electrons. The summed E-state index contributed by atoms with van der Waals surface area (Å²) in [5.74, 6) is -0.198. The first-order valence-corrected chi connectivity index (χ1v) is 8.02. The lowest BCUT2D eigenvalue weighted by molar-refractivity contribution is -0.122. The first-order valence-electron chi connectivity index (χ1n) is 6.16. The summed E-state index contributed by atoms with van der Waals surface area (Å²) in [5, 5.41) is 3.23. The summed E-state index contributed by atoms with van der Waals surface area (Å²) in [6.07, 6.45) is 0.0874. The van der Waals surface area contributed by atoms with Gasteiger partial charge in [-0.05, 0) is 45.0 Å². The number of hydrogen-bond acceptors (Lipinski definition) is 3. The van der Waals surface area contributed by atoms with Crippen molar-refractivity contribution in [2.24, 2.45) is 0 Å². The van der Waals surface area contributed by atoms with Crippen molar-refractivity contribution in [1.82, 2.24) is 10.0 Å². The van der Waals surface area contributed by atoms with Gasteiger partial charge in [-0.3, -0.25) is 4.79 Å². The summed E-state index contributed by atoms with van der Waals surface area (Å²) >= 11 is 5.70. The zero-order chi connectivity index (χ0) is 15.4. The molecule has 0 aromatic heterocycles. The second-order valence-corrected chi connectivity index (χ2v) is 7.60. The van der Waals surface area contributed by atoms with Gasteiger partial charge in [0.05, 0.1) is 4.90 Å². The molecule has 0 saturated carbocycles. The van der Waals surface area contributed by atoms with E-state index in [4.69, 9.17) is 11.6 Å². The molecule has 112 valence electrons. The number of hydrogen-bond donors (Lipinski definition) is 2. The highest BCUT2D eigenvalue weighted by Gasteiger charge is 2.16. The van der Waals surface area contributed by atoms with Crippen LogP contribution in [0.4, 0.5) is 0 Å². The molecule has 0 aliphatic carbocycles. The van der Waals surface area contributed by atoms with Crippen LogP contribution in [0.1, 0.15) is 27.2 Å². The van der Waals surface area contributed by atoms with E-state index in [2.05, 4.69) is 10.0 Å². The van der Waals surface area contributed by atoms with Gasteiger partial charge in [0, 0.05) is 23.5 Å². The number of carbonyl (C=O) groups is 1. The van der Waals surface area contributed by atoms with Gasteiger partial charge < -0.3 is 5.32 Å². The molecule has 0 heterocycles. The third-order valence-corrected chi connectivity index (χ3v) is 4.01. The molecule has 1 rings (SSSR count). The quantitative estimate of drug-likeness (QED) is 0.871. The lowest BCUT2D eigenvalue weighted by Gasteiger charge is -2.20. The van der Waals surface area contributed by atoms with Crippen molar-refractivity contribution < 1.29 is 13.2 Å². The van der Waals surface area contributed by atoms with Crippen LogP contribution >= 0.6 is 11.6 Å². The molecule has 20 heavy (non-hydrogen) atoms. The van der Waals surface area contributed by atoms with E-state index in [-0.39, 0.29) is 29.3 Å². The lowest BCUT2D eigenvalue weighted by atomic mass is 10.1. The van der Waals surface area contributed by atoms with Crippen LogP contribution in [0.5, 0.6) is 0 Å². The highest BCUT2D eigenvalue weighted by Crippen LogP contribution is 2.13. The van der Waals surface area contributed by atoms with Crippen molar-refractivity contribution in [3.8, 4) is 0 Å². The topological polar surface area (TPSA) is 75.3 Å². The van der Waals surface area contributed by atoms with Crippen LogP contribution in [0.2, 0.25) is 5.02 Å². The number of rotatable bonds is 5. The van der Waals surface area contributed by atoms with E-state index in [1.807, 2.05) is 20.8 Å². The number of nitrogens with one attached hydrogen (secondary N) is 2. The molecule has 0 atom stereocenters. The molecule has 1 aromatic carbocycles. The maximum Gasteiger partial charge on any atom is 0.240 e. The Balaban J connectivity index is 2.53. The van der Waals surface area contributed by atoms with Crippen molar-refractivity contribution in [2.75, 3.05) is 6.54 Å². The SMILES string of the molecule is CC(C)(C)NC(=O)CCNS(=O)(=O)c1ccc(Cl)cc1. The van der Waals surface area contributed by atoms with E-state index in [0.717, 1.165) is 0 Å². The minimum absolute atomic E-state index is 0.0485. The van der Waals surface area contributed by atoms with Crippen LogP contribution in [0.3, 0.4) is 0 Å². The molecule has 1 aromatic rings. The average Bonchev–Trinajstić information content (AvgIpc) is 2.26. The Morgan fingerprint density at radius 1 is 1.20 bits per heavy atom. The Kier molecular flexibility index (Phi) is 5.56. The fraction of sp³-hybridized carbons (Fsp3) is 0.462. The fourth-order valence-corrected chi connectivity index (χ4v) is 2.63. The Morgan fingerprint density at radius 2 is 1.75 bits per heavy atom. The van der Waals surface area contributed by atoms with Crippen LogP contribution < -0.4 is 10.0 Å². The number of amides is 1. The lowest BCUT2D eigenvalue weighted by Crippen LogP contribution is -2.41. The van der Waals surface area contributed by atoms with E-state index in [9.17, 15) is 13.2 Å². The van der Waals surface area contributed by atoms with Gasteiger partial charge in [-0.15, -0.1) is 0 Å². The number of benzene rings is 1. The van der Waals surface area contributed by atoms with Gasteiger partial charge in [0.15, 0.2) is 0 Å². The van der Waals surface area contributed by atoms with Crippen LogP contribution in [-0.2, 0) is 14.8 Å². The van der Waals surface area contributed by atoms with E-state index >= 15 is 0 Å². The third kappa shape index (κ3) is 5.90. The third-order valence-electron chi connectivity index (χ3n) is 2.28. The molecule has 1 amide bonds. The highest BCUT2D eigenvalue weighted by molar-refractivity contribution is 7.89. The molecule has 0 spiro atoms. The van der Waals surface area contributed by atoms with E-state index in [1.54, 1.807) is 0 Å². The molecule has 2 N–H and O–H groups in total. The highest BCUT2D eigenvalue weighted by atomic mass is 35.5. The van der Waals surface area contributed by atoms with Gasteiger partial charge in [0.2, 0.25) is 15.9 Å². The van der Waals surface area contributed by atoms with Crippen molar-refractivity contribution in [3.63, 3.8) is 0 Å². The molecule has 0 aliphatic rings. The Bertz CT molecular complexity index is 562. The first kappa shape index (κ1) is 16.9. The number of sulfonamides is 1. The van der Waals surface area contributed by atoms with Gasteiger partial charge in [0.25, 0.3) is 0 Å². The molecule has 0 saturated heterocycles. The van der Waals surface area contributed by atoms with Crippen molar-refractivity contribution in [1.29, 1.82) is 0 Å². The first-order chi connectivity index (χ1) is 9.10. The number of carbonyl (C=O) groups excluding carboxylic acids is 1. The zero-order valence-electron chi connectivity index (χ0n) is 11.7. The Hall–Kier alpha value is -1.11. The molecule has 0 aliphatic heterocycles. The Morgan fingerprint density at radius 3 is 2.25 bits per heavy atom. The van der Waals surface area contributed by atoms with Crippen molar-refractivity contribution >= 4 is 27.5 Å². The molecule has 5 nitrogen and oxygen atoms in total. The molecule has 0 bridgehead atoms. The van der Waals surface area contributed by atoms with Crippen molar-refractivity contribution in [2.45, 2.75) is 37.6 Å². The van der Waals surface area contributed by atoms with Crippen molar-refractivity contribution in [3.05, 3.63) is 29.3 Å². The molecular weight excluding hydrogens is 300 g/mol. The fourth-order valence-electron chi connectivity index (χ4n) is 1.48. The van der Waals surface area contributed by atoms with Gasteiger partial charge in [-0.2, -0.15) is 0 Å². The van der Waals surface area contributed by atoms with Gasteiger partial charge in [-0.25, -0.2) is 13.1 Å². The predicted octanol–water partition coefficient (Wildman–Crippen LogP) is 1.92. The monoisotopic (exact) mass is 318 g/mol. The largest absolute Gasteiger partial charge is 0.351 e. The smallest absolute Gasteiger partial charge is 0.240 e. The molecule has 0 fully saturated rings. The van der Waals surface area contributed by atoms with E-state index in [0.29, 0.717) is 5.02 Å². The summed E-state index contributed by atoms with van der Waals surface area (Å²) < 4.78 is 26.2. The summed E-state index contributed by atoms with van der Waals surface area (Å²) in [6, 6.07) is 5.84. The average molecular weight is 319 g/mol. The molecular formula is C13H19ClN2O3S. The van der Waals surface area contributed by atoms with Crippen LogP contribution in [-0.4, -0.2) is 26.4 Å². The Labute approximate surface area is 124 Å². The maximum absolute atomic E-state index is 11.9. The molecule has 7 heteroatoms. The second-order valence-electron chi connectivity index (χ2n) is 5.40. The van der Waals surface area contributed by atoms with E-state index < -0.39 is 10.0 Å².